The molecule has 1 aliphatic rings. The van der Waals surface area contributed by atoms with E-state index in [-0.39, 0.29) is 5.56 Å². The molecule has 0 unspecified atom stereocenters. The number of hydrogen-bond donors (Lipinski definition) is 2. The Bertz CT molecular complexity index is 837. The number of nitrogens with zero attached hydrogens (tertiary/aromatic N) is 2. The van der Waals surface area contributed by atoms with E-state index in [2.05, 4.69) is 20.1 Å². The van der Waals surface area contributed by atoms with Crippen LogP contribution in [-0.2, 0) is 13.0 Å². The van der Waals surface area contributed by atoms with Crippen LogP contribution in [0.3, 0.4) is 0 Å². The lowest BCUT2D eigenvalue weighted by molar-refractivity contribution is 0.166. The number of hydrogen-bond acceptors (Lipinski definition) is 4. The van der Waals surface area contributed by atoms with E-state index in [1.54, 1.807) is 12.3 Å². The Morgan fingerprint density at radius 1 is 1.16 bits per heavy atom. The largest absolute Gasteiger partial charge is 0.458 e. The number of nitrogens with one attached hydrogen (secondary N) is 2. The minimum absolute atomic E-state index is 0.0356. The molecule has 0 bridgehead atoms. The number of aromatic amines is 2. The number of furan rings is 1. The highest BCUT2D eigenvalue weighted by Crippen LogP contribution is 2.24. The highest BCUT2D eigenvalue weighted by Gasteiger charge is 2.20. The van der Waals surface area contributed by atoms with Gasteiger partial charge in [-0.2, -0.15) is 5.10 Å². The topological polar surface area (TPSA) is 77.9 Å². The standard InChI is InChI=1S/C19H22N4O2/c24-19-4-1-15(12-20-19)11-14-6-9-23(10-7-14)13-16-2-3-18(25-16)17-5-8-21-22-17/h1-5,8,12,14H,6-7,9-11,13H2,(H,20,24)(H,21,22). The van der Waals surface area contributed by atoms with E-state index in [1.807, 2.05) is 30.5 Å². The van der Waals surface area contributed by atoms with Crippen LogP contribution in [0, 0.1) is 5.92 Å². The van der Waals surface area contributed by atoms with Gasteiger partial charge in [-0.3, -0.25) is 14.8 Å². The van der Waals surface area contributed by atoms with Gasteiger partial charge in [-0.1, -0.05) is 6.07 Å². The van der Waals surface area contributed by atoms with Gasteiger partial charge in [0, 0.05) is 18.5 Å². The number of likely N-dealkylation sites (tertiary alicyclic amines) is 1. The molecule has 4 heterocycles. The van der Waals surface area contributed by atoms with Crippen molar-refractivity contribution in [2.24, 2.45) is 5.92 Å². The first-order valence-electron chi connectivity index (χ1n) is 8.75. The zero-order chi connectivity index (χ0) is 17.1. The minimum Gasteiger partial charge on any atom is -0.458 e. The molecule has 6 nitrogen and oxygen atoms in total. The van der Waals surface area contributed by atoms with Crippen molar-refractivity contribution in [1.82, 2.24) is 20.1 Å². The van der Waals surface area contributed by atoms with E-state index in [9.17, 15) is 4.79 Å². The lowest BCUT2D eigenvalue weighted by Gasteiger charge is -2.31. The summed E-state index contributed by atoms with van der Waals surface area (Å²) in [7, 11) is 0. The first-order valence-corrected chi connectivity index (χ1v) is 8.75. The smallest absolute Gasteiger partial charge is 0.247 e. The third-order valence-electron chi connectivity index (χ3n) is 4.89. The molecule has 0 radical (unpaired) electrons. The summed E-state index contributed by atoms with van der Waals surface area (Å²) in [5.41, 5.74) is 2.09. The molecule has 0 aromatic carbocycles. The highest BCUT2D eigenvalue weighted by atomic mass is 16.3. The van der Waals surface area contributed by atoms with Crippen LogP contribution >= 0.6 is 0 Å². The van der Waals surface area contributed by atoms with Gasteiger partial charge in [0.05, 0.1) is 6.54 Å². The zero-order valence-electron chi connectivity index (χ0n) is 14.1. The molecule has 3 aromatic heterocycles. The second-order valence-electron chi connectivity index (χ2n) is 6.72. The molecule has 2 N–H and O–H groups in total. The molecular formula is C19H22N4O2. The lowest BCUT2D eigenvalue weighted by Crippen LogP contribution is -2.33. The molecule has 3 aromatic rings. The van der Waals surface area contributed by atoms with Gasteiger partial charge in [0.1, 0.15) is 11.5 Å². The average Bonchev–Trinajstić information content (AvgIpc) is 3.30. The van der Waals surface area contributed by atoms with Gasteiger partial charge < -0.3 is 9.40 Å². The Morgan fingerprint density at radius 2 is 2.04 bits per heavy atom. The van der Waals surface area contributed by atoms with E-state index in [0.717, 1.165) is 43.3 Å². The third kappa shape index (κ3) is 3.91. The molecule has 130 valence electrons. The van der Waals surface area contributed by atoms with E-state index in [4.69, 9.17) is 4.42 Å². The Morgan fingerprint density at radius 3 is 2.76 bits per heavy atom. The second kappa shape index (κ2) is 7.11. The summed E-state index contributed by atoms with van der Waals surface area (Å²) >= 11 is 0. The molecule has 0 saturated carbocycles. The fourth-order valence-corrected chi connectivity index (χ4v) is 3.47. The van der Waals surface area contributed by atoms with Crippen LogP contribution in [0.5, 0.6) is 0 Å². The van der Waals surface area contributed by atoms with Crippen LogP contribution in [0.1, 0.15) is 24.2 Å². The molecule has 0 spiro atoms. The Labute approximate surface area is 145 Å². The molecule has 1 fully saturated rings. The molecule has 6 heteroatoms. The fraction of sp³-hybridized carbons (Fsp3) is 0.368. The SMILES string of the molecule is O=c1ccc(CC2CCN(Cc3ccc(-c4ccn[nH]4)o3)CC2)c[nH]1. The van der Waals surface area contributed by atoms with E-state index in [1.165, 1.54) is 18.4 Å². The van der Waals surface area contributed by atoms with Gasteiger partial charge in [0.15, 0.2) is 5.76 Å². The summed E-state index contributed by atoms with van der Waals surface area (Å²) in [5.74, 6) is 2.50. The Hall–Kier alpha value is -2.60. The molecule has 0 aliphatic carbocycles. The predicted octanol–water partition coefficient (Wildman–Crippen LogP) is 2.81. The van der Waals surface area contributed by atoms with Crippen LogP contribution < -0.4 is 5.56 Å². The van der Waals surface area contributed by atoms with Crippen LogP contribution in [0.25, 0.3) is 11.5 Å². The number of aromatic nitrogens is 3. The quantitative estimate of drug-likeness (QED) is 0.750. The normalized spacial score (nSPS) is 16.3. The average molecular weight is 338 g/mol. The first-order chi connectivity index (χ1) is 12.3. The summed E-state index contributed by atoms with van der Waals surface area (Å²) < 4.78 is 5.92. The third-order valence-corrected chi connectivity index (χ3v) is 4.89. The second-order valence-corrected chi connectivity index (χ2v) is 6.72. The molecular weight excluding hydrogens is 316 g/mol. The number of H-pyrrole nitrogens is 2. The van der Waals surface area contributed by atoms with Crippen LogP contribution in [0.2, 0.25) is 0 Å². The minimum atomic E-state index is -0.0356. The van der Waals surface area contributed by atoms with E-state index in [0.29, 0.717) is 5.92 Å². The van der Waals surface area contributed by atoms with Crippen molar-refractivity contribution in [1.29, 1.82) is 0 Å². The number of piperidine rings is 1. The molecule has 0 amide bonds. The predicted molar refractivity (Wildman–Crippen MR) is 95.1 cm³/mol. The molecule has 0 atom stereocenters. The number of pyridine rings is 1. The summed E-state index contributed by atoms with van der Waals surface area (Å²) in [6.07, 6.45) is 6.95. The van der Waals surface area contributed by atoms with Crippen LogP contribution in [0.15, 0.2) is 51.9 Å². The Kier molecular flexibility index (Phi) is 4.52. The molecule has 1 saturated heterocycles. The maximum Gasteiger partial charge on any atom is 0.247 e. The molecule has 1 aliphatic heterocycles. The van der Waals surface area contributed by atoms with Crippen molar-refractivity contribution in [3.8, 4) is 11.5 Å². The molecule has 25 heavy (non-hydrogen) atoms. The van der Waals surface area contributed by atoms with Gasteiger partial charge in [0.25, 0.3) is 0 Å². The first kappa shape index (κ1) is 15.9. The van der Waals surface area contributed by atoms with E-state index >= 15 is 0 Å². The highest BCUT2D eigenvalue weighted by molar-refractivity contribution is 5.51. The maximum atomic E-state index is 11.1. The van der Waals surface area contributed by atoms with Crippen molar-refractivity contribution in [3.63, 3.8) is 0 Å². The van der Waals surface area contributed by atoms with Gasteiger partial charge >= 0.3 is 0 Å². The number of rotatable bonds is 5. The van der Waals surface area contributed by atoms with Crippen molar-refractivity contribution < 1.29 is 4.42 Å². The van der Waals surface area contributed by atoms with Gasteiger partial charge in [-0.05, 0) is 62.0 Å². The van der Waals surface area contributed by atoms with Gasteiger partial charge in [0.2, 0.25) is 5.56 Å². The van der Waals surface area contributed by atoms with Crippen molar-refractivity contribution in [3.05, 3.63) is 64.4 Å². The lowest BCUT2D eigenvalue weighted by atomic mass is 9.91. The van der Waals surface area contributed by atoms with Crippen LogP contribution in [0.4, 0.5) is 0 Å². The van der Waals surface area contributed by atoms with E-state index < -0.39 is 0 Å². The van der Waals surface area contributed by atoms with Gasteiger partial charge in [-0.25, -0.2) is 0 Å². The summed E-state index contributed by atoms with van der Waals surface area (Å²) in [4.78, 5) is 16.3. The summed E-state index contributed by atoms with van der Waals surface area (Å²) in [5, 5.41) is 6.88. The van der Waals surface area contributed by atoms with Gasteiger partial charge in [-0.15, -0.1) is 0 Å². The van der Waals surface area contributed by atoms with Crippen LogP contribution in [-0.4, -0.2) is 33.2 Å². The van der Waals surface area contributed by atoms with Crippen molar-refractivity contribution in [2.75, 3.05) is 13.1 Å². The molecule has 4 rings (SSSR count). The Balaban J connectivity index is 1.29. The monoisotopic (exact) mass is 338 g/mol. The maximum absolute atomic E-state index is 11.1. The summed E-state index contributed by atoms with van der Waals surface area (Å²) in [6, 6.07) is 9.49. The summed E-state index contributed by atoms with van der Waals surface area (Å²) in [6.45, 7) is 3.00. The van der Waals surface area contributed by atoms with Crippen molar-refractivity contribution in [2.45, 2.75) is 25.8 Å². The fourth-order valence-electron chi connectivity index (χ4n) is 3.47. The zero-order valence-corrected chi connectivity index (χ0v) is 14.1. The van der Waals surface area contributed by atoms with Crippen molar-refractivity contribution >= 4 is 0 Å².